The topological polar surface area (TPSA) is 13.1 Å². The Hall–Kier alpha value is -6.22. The zero-order valence-corrected chi connectivity index (χ0v) is 27.6. The van der Waals surface area contributed by atoms with Crippen molar-refractivity contribution in [1.82, 2.24) is 0 Å². The second-order valence-electron chi connectivity index (χ2n) is 13.6. The number of thiophene rings is 1. The monoisotopic (exact) mass is 650 g/mol. The fourth-order valence-corrected chi connectivity index (χ4v) is 9.85. The molecule has 10 aromatic carbocycles. The van der Waals surface area contributed by atoms with Crippen LogP contribution < -0.4 is 0 Å². The molecule has 0 aliphatic heterocycles. The first-order valence-corrected chi connectivity index (χ1v) is 18.0. The van der Waals surface area contributed by atoms with Crippen LogP contribution >= 0.6 is 11.3 Å². The fourth-order valence-electron chi connectivity index (χ4n) is 8.74. The van der Waals surface area contributed by atoms with E-state index in [-0.39, 0.29) is 0 Å². The molecule has 0 amide bonds. The lowest BCUT2D eigenvalue weighted by Crippen LogP contribution is -1.89. The van der Waals surface area contributed by atoms with E-state index in [0.717, 1.165) is 27.5 Å². The summed E-state index contributed by atoms with van der Waals surface area (Å²) in [6.45, 7) is 0. The lowest BCUT2D eigenvalue weighted by Gasteiger charge is -2.15. The van der Waals surface area contributed by atoms with Gasteiger partial charge in [0.2, 0.25) is 0 Å². The van der Waals surface area contributed by atoms with Crippen molar-refractivity contribution < 1.29 is 4.42 Å². The maximum atomic E-state index is 7.09. The molecule has 230 valence electrons. The van der Waals surface area contributed by atoms with Crippen LogP contribution in [0.2, 0.25) is 0 Å². The van der Waals surface area contributed by atoms with Gasteiger partial charge in [-0.3, -0.25) is 0 Å². The number of hydrogen-bond acceptors (Lipinski definition) is 2. The maximum Gasteiger partial charge on any atom is 0.143 e. The molecule has 0 atom stereocenters. The highest BCUT2D eigenvalue weighted by atomic mass is 32.1. The first-order valence-electron chi connectivity index (χ1n) is 17.2. The summed E-state index contributed by atoms with van der Waals surface area (Å²) in [7, 11) is 0. The maximum absolute atomic E-state index is 7.09. The minimum Gasteiger partial charge on any atom is -0.455 e. The lowest BCUT2D eigenvalue weighted by molar-refractivity contribution is 0.674. The second kappa shape index (κ2) is 9.69. The molecular weight excluding hydrogens is 625 g/mol. The summed E-state index contributed by atoms with van der Waals surface area (Å²) in [4.78, 5) is 0. The van der Waals surface area contributed by atoms with Crippen molar-refractivity contribution in [3.63, 3.8) is 0 Å². The zero-order valence-electron chi connectivity index (χ0n) is 26.8. The van der Waals surface area contributed by atoms with Crippen LogP contribution in [-0.2, 0) is 0 Å². The van der Waals surface area contributed by atoms with E-state index in [0.29, 0.717) is 0 Å². The van der Waals surface area contributed by atoms with Gasteiger partial charge < -0.3 is 4.42 Å². The molecule has 0 saturated carbocycles. The van der Waals surface area contributed by atoms with Gasteiger partial charge in [0, 0.05) is 41.9 Å². The van der Waals surface area contributed by atoms with Crippen LogP contribution in [0.3, 0.4) is 0 Å². The van der Waals surface area contributed by atoms with E-state index < -0.39 is 0 Å². The van der Waals surface area contributed by atoms with Gasteiger partial charge in [0.25, 0.3) is 0 Å². The average molecular weight is 651 g/mol. The lowest BCUT2D eigenvalue weighted by atomic mass is 9.87. The highest BCUT2D eigenvalue weighted by Crippen LogP contribution is 2.48. The van der Waals surface area contributed by atoms with Gasteiger partial charge in [0.1, 0.15) is 11.2 Å². The first-order chi connectivity index (χ1) is 24.8. The highest BCUT2D eigenvalue weighted by molar-refractivity contribution is 7.26. The van der Waals surface area contributed by atoms with Crippen molar-refractivity contribution in [2.75, 3.05) is 0 Å². The zero-order chi connectivity index (χ0) is 32.5. The summed E-state index contributed by atoms with van der Waals surface area (Å²) >= 11 is 1.87. The van der Waals surface area contributed by atoms with Crippen molar-refractivity contribution in [2.45, 2.75) is 0 Å². The molecule has 0 radical (unpaired) electrons. The molecule has 0 spiro atoms. The van der Waals surface area contributed by atoms with Gasteiger partial charge in [-0.2, -0.15) is 0 Å². The normalized spacial score (nSPS) is 12.4. The molecule has 2 heterocycles. The number of benzene rings is 10. The van der Waals surface area contributed by atoms with E-state index in [1.165, 1.54) is 90.7 Å². The number of furan rings is 1. The predicted molar refractivity (Wildman–Crippen MR) is 216 cm³/mol. The van der Waals surface area contributed by atoms with Crippen LogP contribution in [0, 0.1) is 0 Å². The van der Waals surface area contributed by atoms with E-state index in [4.69, 9.17) is 4.42 Å². The van der Waals surface area contributed by atoms with Gasteiger partial charge in [-0.25, -0.2) is 0 Å². The molecule has 0 fully saturated rings. The molecule has 2 aromatic heterocycles. The molecule has 0 N–H and O–H groups in total. The second-order valence-corrected chi connectivity index (χ2v) is 14.7. The molecule has 0 aliphatic rings. The smallest absolute Gasteiger partial charge is 0.143 e. The molecule has 0 bridgehead atoms. The first kappa shape index (κ1) is 26.7. The molecule has 0 unspecified atom stereocenters. The Morgan fingerprint density at radius 2 is 0.940 bits per heavy atom. The van der Waals surface area contributed by atoms with E-state index in [1.807, 2.05) is 11.3 Å². The third-order valence-electron chi connectivity index (χ3n) is 11.0. The van der Waals surface area contributed by atoms with Gasteiger partial charge in [0.15, 0.2) is 0 Å². The van der Waals surface area contributed by atoms with Gasteiger partial charge in [-0.1, -0.05) is 127 Å². The van der Waals surface area contributed by atoms with Crippen molar-refractivity contribution >= 4 is 107 Å². The Kier molecular flexibility index (Phi) is 5.18. The summed E-state index contributed by atoms with van der Waals surface area (Å²) in [5.74, 6) is 0. The number of fused-ring (bicyclic) bond motifs is 10. The van der Waals surface area contributed by atoms with Crippen molar-refractivity contribution in [3.8, 4) is 22.3 Å². The van der Waals surface area contributed by atoms with Gasteiger partial charge in [-0.15, -0.1) is 11.3 Å². The molecule has 0 saturated heterocycles. The van der Waals surface area contributed by atoms with E-state index in [1.54, 1.807) is 0 Å². The third kappa shape index (κ3) is 3.51. The molecule has 50 heavy (non-hydrogen) atoms. The van der Waals surface area contributed by atoms with Crippen LogP contribution in [0.5, 0.6) is 0 Å². The fraction of sp³-hybridized carbons (Fsp3) is 0. The Bertz CT molecular complexity index is 3360. The van der Waals surface area contributed by atoms with Crippen molar-refractivity contribution in [3.05, 3.63) is 158 Å². The average Bonchev–Trinajstić information content (AvgIpc) is 3.76. The largest absolute Gasteiger partial charge is 0.455 e. The summed E-state index contributed by atoms with van der Waals surface area (Å²) in [5, 5.41) is 17.6. The molecule has 2 heteroatoms. The Morgan fingerprint density at radius 1 is 0.320 bits per heavy atom. The SMILES string of the molecule is c1ccc2c(c1)ccc1c2oc2c(-c3ccc4sc5ccc6ccccc6c5c4c3)ccc(-c3ccc4ccc5cccc6ccc3c4c56)c21. The predicted octanol–water partition coefficient (Wildman–Crippen LogP) is 14.5. The van der Waals surface area contributed by atoms with Gasteiger partial charge in [-0.05, 0) is 95.5 Å². The Labute approximate surface area is 290 Å². The van der Waals surface area contributed by atoms with Crippen molar-refractivity contribution in [1.29, 1.82) is 0 Å². The van der Waals surface area contributed by atoms with Crippen LogP contribution in [0.1, 0.15) is 0 Å². The van der Waals surface area contributed by atoms with Gasteiger partial charge in [0.05, 0.1) is 0 Å². The van der Waals surface area contributed by atoms with E-state index >= 15 is 0 Å². The Balaban J connectivity index is 1.19. The Morgan fingerprint density at radius 3 is 1.82 bits per heavy atom. The van der Waals surface area contributed by atoms with Crippen LogP contribution in [0.15, 0.2) is 162 Å². The van der Waals surface area contributed by atoms with Gasteiger partial charge >= 0.3 is 0 Å². The van der Waals surface area contributed by atoms with Crippen LogP contribution in [-0.4, -0.2) is 0 Å². The summed E-state index contributed by atoms with van der Waals surface area (Å²) in [6.07, 6.45) is 0. The summed E-state index contributed by atoms with van der Waals surface area (Å²) in [6, 6.07) is 58.2. The van der Waals surface area contributed by atoms with Crippen molar-refractivity contribution in [2.24, 2.45) is 0 Å². The minimum absolute atomic E-state index is 0.934. The molecule has 1 nitrogen and oxygen atoms in total. The van der Waals surface area contributed by atoms with Crippen LogP contribution in [0.4, 0.5) is 0 Å². The number of hydrogen-bond donors (Lipinski definition) is 0. The standard InChI is InChI=1S/C48H26OS/c1-3-10-33-27(6-1)17-25-42-45(33)40-26-32(18-24-41(40)50-42)35-22-23-38(46-39-21-14-28-7-2-4-11-34(28)47(39)49-48(35)46)36-19-15-31-13-12-29-8-5-9-30-16-20-37(36)44(31)43(29)30/h1-26H. The summed E-state index contributed by atoms with van der Waals surface area (Å²) < 4.78 is 9.72. The molecular formula is C48H26OS. The van der Waals surface area contributed by atoms with E-state index in [9.17, 15) is 0 Å². The molecule has 0 aliphatic carbocycles. The van der Waals surface area contributed by atoms with E-state index in [2.05, 4.69) is 158 Å². The minimum atomic E-state index is 0.934. The highest BCUT2D eigenvalue weighted by Gasteiger charge is 2.21. The number of rotatable bonds is 2. The third-order valence-corrected chi connectivity index (χ3v) is 12.1. The molecule has 12 aromatic rings. The summed E-state index contributed by atoms with van der Waals surface area (Å²) in [5.41, 5.74) is 6.59. The van der Waals surface area contributed by atoms with Crippen LogP contribution in [0.25, 0.3) is 118 Å². The quantitative estimate of drug-likeness (QED) is 0.170. The molecule has 12 rings (SSSR count).